The molecular formula is C49H29N5. The van der Waals surface area contributed by atoms with Crippen molar-refractivity contribution in [1.82, 2.24) is 19.9 Å². The Morgan fingerprint density at radius 1 is 0.352 bits per heavy atom. The Kier molecular flexibility index (Phi) is 7.45. The van der Waals surface area contributed by atoms with E-state index in [9.17, 15) is 5.26 Å². The van der Waals surface area contributed by atoms with E-state index >= 15 is 0 Å². The molecule has 250 valence electrons. The fraction of sp³-hybridized carbons (Fsp3) is 0. The van der Waals surface area contributed by atoms with Gasteiger partial charge in [0.2, 0.25) is 0 Å². The number of benzene rings is 7. The summed E-state index contributed by atoms with van der Waals surface area (Å²) < 4.78 is 0. The summed E-state index contributed by atoms with van der Waals surface area (Å²) in [5.41, 5.74) is 14.5. The summed E-state index contributed by atoms with van der Waals surface area (Å²) in [6.45, 7) is 0. The first kappa shape index (κ1) is 31.2. The van der Waals surface area contributed by atoms with Crippen LogP contribution in [0.1, 0.15) is 5.56 Å². The molecule has 5 heteroatoms. The molecule has 0 N–H and O–H groups in total. The molecule has 2 aromatic heterocycles. The Balaban J connectivity index is 1.15. The summed E-state index contributed by atoms with van der Waals surface area (Å²) >= 11 is 0. The third-order valence-corrected chi connectivity index (χ3v) is 10.2. The fourth-order valence-corrected chi connectivity index (χ4v) is 7.58. The van der Waals surface area contributed by atoms with E-state index in [0.29, 0.717) is 23.0 Å². The smallest absolute Gasteiger partial charge is 0.164 e. The monoisotopic (exact) mass is 687 g/mol. The number of nitriles is 1. The minimum Gasteiger partial charge on any atom is -0.256 e. The molecule has 54 heavy (non-hydrogen) atoms. The summed E-state index contributed by atoms with van der Waals surface area (Å²) in [7, 11) is 0. The Hall–Kier alpha value is -7.55. The zero-order chi connectivity index (χ0) is 36.0. The van der Waals surface area contributed by atoms with E-state index in [1.165, 1.54) is 33.0 Å². The minimum atomic E-state index is 0.616. The standard InChI is InChI=1S/C49H29N5/c50-29-31-18-20-32(21-19-31)44-27-22-37(30-51-44)39-24-26-43-41-17-8-7-16-40(41)42-25-23-38(45(39)46(42)43)35-14-9-15-36(28-35)49-53-47(33-10-3-1-4-11-33)52-48(54-49)34-12-5-2-6-13-34/h1-28,30H. The van der Waals surface area contributed by atoms with Crippen molar-refractivity contribution in [1.29, 1.82) is 5.26 Å². The van der Waals surface area contributed by atoms with Gasteiger partial charge in [-0.3, -0.25) is 4.98 Å². The van der Waals surface area contributed by atoms with Gasteiger partial charge in [0.15, 0.2) is 17.5 Å². The van der Waals surface area contributed by atoms with Crippen molar-refractivity contribution in [2.24, 2.45) is 0 Å². The molecule has 0 unspecified atom stereocenters. The molecule has 2 heterocycles. The van der Waals surface area contributed by atoms with Gasteiger partial charge >= 0.3 is 0 Å². The third kappa shape index (κ3) is 5.33. The molecule has 9 aromatic rings. The van der Waals surface area contributed by atoms with Crippen LogP contribution in [0.2, 0.25) is 0 Å². The van der Waals surface area contributed by atoms with E-state index in [1.807, 2.05) is 91.1 Å². The Morgan fingerprint density at radius 3 is 1.41 bits per heavy atom. The largest absolute Gasteiger partial charge is 0.256 e. The van der Waals surface area contributed by atoms with Gasteiger partial charge in [0.1, 0.15) is 0 Å². The molecule has 0 saturated heterocycles. The van der Waals surface area contributed by atoms with Gasteiger partial charge in [0, 0.05) is 34.0 Å². The van der Waals surface area contributed by atoms with Crippen LogP contribution >= 0.6 is 0 Å². The van der Waals surface area contributed by atoms with E-state index in [2.05, 4.69) is 91.0 Å². The van der Waals surface area contributed by atoms with Crippen LogP contribution in [0.25, 0.3) is 101 Å². The van der Waals surface area contributed by atoms with Crippen LogP contribution in [0.5, 0.6) is 0 Å². The molecule has 0 spiro atoms. The molecule has 1 aliphatic rings. The normalized spacial score (nSPS) is 11.3. The second-order valence-corrected chi connectivity index (χ2v) is 13.4. The predicted molar refractivity (Wildman–Crippen MR) is 217 cm³/mol. The van der Waals surface area contributed by atoms with Crippen molar-refractivity contribution in [3.8, 4) is 96.0 Å². The van der Waals surface area contributed by atoms with Crippen molar-refractivity contribution in [2.75, 3.05) is 0 Å². The lowest BCUT2D eigenvalue weighted by Gasteiger charge is -2.16. The molecule has 0 bridgehead atoms. The average Bonchev–Trinajstić information content (AvgIpc) is 3.59. The first-order chi connectivity index (χ1) is 26.7. The number of rotatable bonds is 6. The minimum absolute atomic E-state index is 0.616. The number of fused-ring (bicyclic) bond motifs is 3. The molecular weight excluding hydrogens is 659 g/mol. The first-order valence-corrected chi connectivity index (χ1v) is 17.9. The van der Waals surface area contributed by atoms with Crippen molar-refractivity contribution in [3.63, 3.8) is 0 Å². The quantitative estimate of drug-likeness (QED) is 0.174. The SMILES string of the molecule is N#Cc1ccc(-c2ccc(-c3ccc4c5c(ccc(-c6cccc(-c7nc(-c8ccccc8)nc(-c8ccccc8)n7)c6)c35)-c3ccccc3-4)cn2)cc1. The van der Waals surface area contributed by atoms with Gasteiger partial charge in [0.25, 0.3) is 0 Å². The Bertz CT molecular complexity index is 2830. The molecule has 1 aliphatic carbocycles. The van der Waals surface area contributed by atoms with E-state index in [-0.39, 0.29) is 0 Å². The highest BCUT2D eigenvalue weighted by atomic mass is 15.0. The molecule has 0 aliphatic heterocycles. The molecule has 0 atom stereocenters. The molecule has 10 rings (SSSR count). The number of nitrogens with zero attached hydrogens (tertiary/aromatic N) is 5. The number of pyridine rings is 1. The van der Waals surface area contributed by atoms with Crippen LogP contribution in [-0.2, 0) is 0 Å². The van der Waals surface area contributed by atoms with Crippen LogP contribution in [0.4, 0.5) is 0 Å². The molecule has 0 amide bonds. The maximum Gasteiger partial charge on any atom is 0.164 e. The topological polar surface area (TPSA) is 75.3 Å². The van der Waals surface area contributed by atoms with E-state index < -0.39 is 0 Å². The zero-order valence-corrected chi connectivity index (χ0v) is 29.0. The number of hydrogen-bond donors (Lipinski definition) is 0. The van der Waals surface area contributed by atoms with Crippen LogP contribution in [-0.4, -0.2) is 19.9 Å². The molecule has 5 nitrogen and oxygen atoms in total. The number of hydrogen-bond acceptors (Lipinski definition) is 5. The maximum absolute atomic E-state index is 9.26. The zero-order valence-electron chi connectivity index (χ0n) is 29.0. The highest BCUT2D eigenvalue weighted by Gasteiger charge is 2.25. The molecule has 0 radical (unpaired) electrons. The lowest BCUT2D eigenvalue weighted by atomic mass is 9.88. The molecule has 7 aromatic carbocycles. The van der Waals surface area contributed by atoms with Gasteiger partial charge in [-0.1, -0.05) is 146 Å². The average molecular weight is 688 g/mol. The summed E-state index contributed by atoms with van der Waals surface area (Å²) in [6, 6.07) is 60.3. The van der Waals surface area contributed by atoms with Gasteiger partial charge < -0.3 is 0 Å². The van der Waals surface area contributed by atoms with Gasteiger partial charge in [-0.2, -0.15) is 5.26 Å². The highest BCUT2D eigenvalue weighted by Crippen LogP contribution is 2.52. The predicted octanol–water partition coefficient (Wildman–Crippen LogP) is 11.9. The van der Waals surface area contributed by atoms with Crippen molar-refractivity contribution < 1.29 is 0 Å². The fourth-order valence-electron chi connectivity index (χ4n) is 7.58. The first-order valence-electron chi connectivity index (χ1n) is 17.9. The summed E-state index contributed by atoms with van der Waals surface area (Å²) in [6.07, 6.45) is 1.96. The van der Waals surface area contributed by atoms with E-state index in [1.54, 1.807) is 0 Å². The van der Waals surface area contributed by atoms with Crippen LogP contribution in [0, 0.1) is 11.3 Å². The van der Waals surface area contributed by atoms with E-state index in [4.69, 9.17) is 19.9 Å². The number of aromatic nitrogens is 4. The Morgan fingerprint density at radius 2 is 0.833 bits per heavy atom. The van der Waals surface area contributed by atoms with Gasteiger partial charge in [-0.05, 0) is 74.0 Å². The molecule has 0 fully saturated rings. The summed E-state index contributed by atoms with van der Waals surface area (Å²) in [4.78, 5) is 19.9. The van der Waals surface area contributed by atoms with Crippen molar-refractivity contribution in [2.45, 2.75) is 0 Å². The third-order valence-electron chi connectivity index (χ3n) is 10.2. The summed E-state index contributed by atoms with van der Waals surface area (Å²) in [5.74, 6) is 1.88. The lowest BCUT2D eigenvalue weighted by molar-refractivity contribution is 1.07. The van der Waals surface area contributed by atoms with Crippen LogP contribution < -0.4 is 0 Å². The lowest BCUT2D eigenvalue weighted by Crippen LogP contribution is -2.00. The van der Waals surface area contributed by atoms with Crippen molar-refractivity contribution in [3.05, 3.63) is 182 Å². The summed E-state index contributed by atoms with van der Waals surface area (Å²) in [5, 5.41) is 11.7. The maximum atomic E-state index is 9.26. The molecule has 0 saturated carbocycles. The Labute approximate surface area is 312 Å². The second kappa shape index (κ2) is 12.9. The van der Waals surface area contributed by atoms with Gasteiger partial charge in [-0.25, -0.2) is 15.0 Å². The van der Waals surface area contributed by atoms with E-state index in [0.717, 1.165) is 50.2 Å². The van der Waals surface area contributed by atoms with Crippen molar-refractivity contribution >= 4 is 10.8 Å². The van der Waals surface area contributed by atoms with Crippen LogP contribution in [0.15, 0.2) is 176 Å². The van der Waals surface area contributed by atoms with Gasteiger partial charge in [-0.15, -0.1) is 0 Å². The van der Waals surface area contributed by atoms with Crippen LogP contribution in [0.3, 0.4) is 0 Å². The van der Waals surface area contributed by atoms with Gasteiger partial charge in [0.05, 0.1) is 17.3 Å². The second-order valence-electron chi connectivity index (χ2n) is 13.4. The highest BCUT2D eigenvalue weighted by molar-refractivity contribution is 6.22.